The van der Waals surface area contributed by atoms with Crippen LogP contribution in [0.5, 0.6) is 5.75 Å². The van der Waals surface area contributed by atoms with Crippen LogP contribution in [0.1, 0.15) is 37.7 Å². The molecule has 0 aliphatic carbocycles. The van der Waals surface area contributed by atoms with Gasteiger partial charge in [0.05, 0.1) is 16.2 Å². The Morgan fingerprint density at radius 2 is 2.17 bits per heavy atom. The number of piperidine rings is 1. The minimum absolute atomic E-state index is 0.129. The zero-order chi connectivity index (χ0) is 17.5. The Balaban J connectivity index is 0.000000198. The number of aromatic amines is 1. The van der Waals surface area contributed by atoms with E-state index in [0.29, 0.717) is 22.4 Å². The van der Waals surface area contributed by atoms with Crippen molar-refractivity contribution in [2.75, 3.05) is 13.1 Å². The largest absolute Gasteiger partial charge is 0.508 e. The Labute approximate surface area is 151 Å². The van der Waals surface area contributed by atoms with E-state index in [9.17, 15) is 4.79 Å². The number of phenols is 1. The molecule has 1 saturated heterocycles. The highest BCUT2D eigenvalue weighted by molar-refractivity contribution is 6.42. The van der Waals surface area contributed by atoms with Crippen LogP contribution in [0.25, 0.3) is 0 Å². The molecule has 2 heterocycles. The van der Waals surface area contributed by atoms with E-state index in [1.54, 1.807) is 6.07 Å². The molecule has 1 aliphatic heterocycles. The minimum Gasteiger partial charge on any atom is -0.508 e. The maximum atomic E-state index is 11.8. The Morgan fingerprint density at radius 3 is 2.71 bits per heavy atom. The lowest BCUT2D eigenvalue weighted by molar-refractivity contribution is -0.133. The van der Waals surface area contributed by atoms with Gasteiger partial charge in [-0.15, -0.1) is 0 Å². The number of likely N-dealkylation sites (tertiary alicyclic amines) is 1. The summed E-state index contributed by atoms with van der Waals surface area (Å²) >= 11 is 11.1. The van der Waals surface area contributed by atoms with Gasteiger partial charge in [-0.3, -0.25) is 9.89 Å². The Bertz CT molecular complexity index is 662. The van der Waals surface area contributed by atoms with Crippen LogP contribution in [0, 0.1) is 0 Å². The predicted octanol–water partition coefficient (Wildman–Crippen LogP) is 4.22. The van der Waals surface area contributed by atoms with E-state index in [1.165, 1.54) is 17.7 Å². The van der Waals surface area contributed by atoms with Crippen LogP contribution in [-0.2, 0) is 4.79 Å². The van der Waals surface area contributed by atoms with Gasteiger partial charge in [0, 0.05) is 25.7 Å². The van der Waals surface area contributed by atoms with Crippen molar-refractivity contribution in [2.24, 2.45) is 0 Å². The fraction of sp³-hybridized carbons (Fsp3) is 0.412. The van der Waals surface area contributed by atoms with Crippen molar-refractivity contribution >= 4 is 29.1 Å². The minimum atomic E-state index is 0.129. The molecule has 0 spiro atoms. The molecule has 1 atom stereocenters. The third-order valence-electron chi connectivity index (χ3n) is 3.91. The Kier molecular flexibility index (Phi) is 6.94. The highest BCUT2D eigenvalue weighted by Gasteiger charge is 2.26. The van der Waals surface area contributed by atoms with E-state index < -0.39 is 0 Å². The average Bonchev–Trinajstić information content (AvgIpc) is 3.08. The third kappa shape index (κ3) is 5.14. The third-order valence-corrected chi connectivity index (χ3v) is 4.65. The van der Waals surface area contributed by atoms with E-state index in [4.69, 9.17) is 28.3 Å². The van der Waals surface area contributed by atoms with Crippen LogP contribution in [0.2, 0.25) is 10.0 Å². The summed E-state index contributed by atoms with van der Waals surface area (Å²) in [6, 6.07) is 4.41. The first-order valence-electron chi connectivity index (χ1n) is 7.91. The molecule has 5 nitrogen and oxygen atoms in total. The molecule has 0 bridgehead atoms. The standard InChI is InChI=1S/C11H17N3O.C6H4Cl2O/c1-2-4-14-5-3-9(6-11(14)15)10-7-12-13-8-10;7-5-2-1-4(9)3-6(5)8/h7-9H,2-6H2,1H3,(H,12,13);1-3,9H. The van der Waals surface area contributed by atoms with Crippen LogP contribution >= 0.6 is 23.2 Å². The zero-order valence-corrected chi connectivity index (χ0v) is 15.0. The molecule has 1 fully saturated rings. The smallest absolute Gasteiger partial charge is 0.223 e. The Morgan fingerprint density at radius 1 is 1.38 bits per heavy atom. The van der Waals surface area contributed by atoms with Gasteiger partial charge in [0.1, 0.15) is 5.75 Å². The van der Waals surface area contributed by atoms with Crippen molar-refractivity contribution < 1.29 is 9.90 Å². The first-order valence-corrected chi connectivity index (χ1v) is 8.67. The van der Waals surface area contributed by atoms with Crippen LogP contribution < -0.4 is 0 Å². The molecule has 3 rings (SSSR count). The number of phenolic OH excluding ortho intramolecular Hbond substituents is 1. The number of nitrogens with zero attached hydrogens (tertiary/aromatic N) is 2. The summed E-state index contributed by atoms with van der Waals surface area (Å²) in [5, 5.41) is 16.4. The molecule has 1 aromatic heterocycles. The van der Waals surface area contributed by atoms with Crippen molar-refractivity contribution in [3.05, 3.63) is 46.2 Å². The molecule has 0 saturated carbocycles. The summed E-state index contributed by atoms with van der Waals surface area (Å²) < 4.78 is 0. The van der Waals surface area contributed by atoms with Gasteiger partial charge in [-0.1, -0.05) is 30.1 Å². The van der Waals surface area contributed by atoms with Gasteiger partial charge in [-0.25, -0.2) is 0 Å². The summed E-state index contributed by atoms with van der Waals surface area (Å²) in [6.07, 6.45) is 6.47. The van der Waals surface area contributed by atoms with Gasteiger partial charge in [-0.2, -0.15) is 5.10 Å². The lowest BCUT2D eigenvalue weighted by Gasteiger charge is -2.31. The summed E-state index contributed by atoms with van der Waals surface area (Å²) in [6.45, 7) is 3.90. The zero-order valence-electron chi connectivity index (χ0n) is 13.5. The van der Waals surface area contributed by atoms with Crippen molar-refractivity contribution in [3.63, 3.8) is 0 Å². The van der Waals surface area contributed by atoms with E-state index in [0.717, 1.165) is 25.9 Å². The number of hydrogen-bond donors (Lipinski definition) is 2. The normalized spacial score (nSPS) is 17.4. The molecule has 1 aliphatic rings. The van der Waals surface area contributed by atoms with Crippen molar-refractivity contribution in [3.8, 4) is 5.75 Å². The first-order chi connectivity index (χ1) is 11.5. The van der Waals surface area contributed by atoms with Gasteiger partial charge >= 0.3 is 0 Å². The molecule has 7 heteroatoms. The lowest BCUT2D eigenvalue weighted by atomic mass is 9.91. The molecule has 24 heavy (non-hydrogen) atoms. The molecular weight excluding hydrogens is 349 g/mol. The van der Waals surface area contributed by atoms with E-state index >= 15 is 0 Å². The molecule has 2 aromatic rings. The van der Waals surface area contributed by atoms with Gasteiger partial charge in [-0.05, 0) is 42.5 Å². The van der Waals surface area contributed by atoms with Gasteiger partial charge in [0.2, 0.25) is 5.91 Å². The predicted molar refractivity (Wildman–Crippen MR) is 95.6 cm³/mol. The average molecular weight is 370 g/mol. The fourth-order valence-corrected chi connectivity index (χ4v) is 2.93. The maximum Gasteiger partial charge on any atom is 0.223 e. The maximum absolute atomic E-state index is 11.8. The SMILES string of the molecule is CCCN1CCC(c2cn[nH]c2)CC1=O.Oc1ccc(Cl)c(Cl)c1. The number of aromatic hydroxyl groups is 1. The van der Waals surface area contributed by atoms with Crippen molar-refractivity contribution in [2.45, 2.75) is 32.1 Å². The molecule has 0 radical (unpaired) electrons. The number of H-pyrrole nitrogens is 1. The number of aromatic nitrogens is 2. The lowest BCUT2D eigenvalue weighted by Crippen LogP contribution is -2.38. The van der Waals surface area contributed by atoms with E-state index in [-0.39, 0.29) is 11.7 Å². The summed E-state index contributed by atoms with van der Waals surface area (Å²) in [4.78, 5) is 13.8. The monoisotopic (exact) mass is 369 g/mol. The van der Waals surface area contributed by atoms with Crippen LogP contribution in [0.4, 0.5) is 0 Å². The molecule has 130 valence electrons. The Hall–Kier alpha value is -1.72. The van der Waals surface area contributed by atoms with Crippen molar-refractivity contribution in [1.82, 2.24) is 15.1 Å². The number of benzene rings is 1. The second-order valence-electron chi connectivity index (χ2n) is 5.70. The van der Waals surface area contributed by atoms with Crippen LogP contribution in [0.3, 0.4) is 0 Å². The molecule has 2 N–H and O–H groups in total. The topological polar surface area (TPSA) is 69.2 Å². The summed E-state index contributed by atoms with van der Waals surface area (Å²) in [5.41, 5.74) is 1.17. The summed E-state index contributed by atoms with van der Waals surface area (Å²) in [5.74, 6) is 0.781. The van der Waals surface area contributed by atoms with Crippen LogP contribution in [0.15, 0.2) is 30.6 Å². The number of hydrogen-bond acceptors (Lipinski definition) is 3. The second-order valence-corrected chi connectivity index (χ2v) is 6.51. The first kappa shape index (κ1) is 18.6. The van der Waals surface area contributed by atoms with Gasteiger partial charge in [0.25, 0.3) is 0 Å². The number of carbonyl (C=O) groups excluding carboxylic acids is 1. The highest BCUT2D eigenvalue weighted by atomic mass is 35.5. The van der Waals surface area contributed by atoms with Crippen molar-refractivity contribution in [1.29, 1.82) is 0 Å². The van der Waals surface area contributed by atoms with Gasteiger partial charge in [0.15, 0.2) is 0 Å². The summed E-state index contributed by atoms with van der Waals surface area (Å²) in [7, 11) is 0. The van der Waals surface area contributed by atoms with E-state index in [1.807, 2.05) is 17.3 Å². The van der Waals surface area contributed by atoms with Crippen LogP contribution in [-0.4, -0.2) is 39.2 Å². The quantitative estimate of drug-likeness (QED) is 0.850. The molecule has 1 unspecified atom stereocenters. The van der Waals surface area contributed by atoms with E-state index in [2.05, 4.69) is 17.1 Å². The molecular formula is C17H21Cl2N3O2. The number of amides is 1. The van der Waals surface area contributed by atoms with Gasteiger partial charge < -0.3 is 10.0 Å². The number of nitrogens with one attached hydrogen (secondary N) is 1. The number of carbonyl (C=O) groups is 1. The second kappa shape index (κ2) is 8.94. The molecule has 1 amide bonds. The number of rotatable bonds is 3. The highest BCUT2D eigenvalue weighted by Crippen LogP contribution is 2.28. The number of halogens is 2. The molecule has 1 aromatic carbocycles. The fourth-order valence-electron chi connectivity index (χ4n) is 2.64.